The predicted octanol–water partition coefficient (Wildman–Crippen LogP) is 2.54. The molecule has 2 aromatic heterocycles. The molecule has 4 heteroatoms. The number of rotatable bonds is 2. The van der Waals surface area contributed by atoms with Crippen molar-refractivity contribution in [2.75, 3.05) is 0 Å². The fraction of sp³-hybridized carbons (Fsp3) is 0.0909. The van der Waals surface area contributed by atoms with Gasteiger partial charge in [0.05, 0.1) is 12.1 Å². The summed E-state index contributed by atoms with van der Waals surface area (Å²) in [4.78, 5) is 0. The van der Waals surface area contributed by atoms with E-state index in [9.17, 15) is 0 Å². The minimum Gasteiger partial charge on any atom is -0.240 e. The van der Waals surface area contributed by atoms with E-state index in [2.05, 4.69) is 27.1 Å². The summed E-state index contributed by atoms with van der Waals surface area (Å²) in [6.07, 6.45) is 0. The van der Waals surface area contributed by atoms with Crippen LogP contribution in [0.5, 0.6) is 0 Å². The summed E-state index contributed by atoms with van der Waals surface area (Å²) < 4.78 is 1.93. The van der Waals surface area contributed by atoms with Crippen molar-refractivity contribution in [1.82, 2.24) is 15.0 Å². The lowest BCUT2D eigenvalue weighted by molar-refractivity contribution is 0.671. The zero-order valence-corrected chi connectivity index (χ0v) is 8.81. The highest BCUT2D eigenvalue weighted by Crippen LogP contribution is 2.13. The SMILES string of the molecule is c1ccc2c(c1)nnn2Cc1ccsc1. The van der Waals surface area contributed by atoms with E-state index in [0.29, 0.717) is 0 Å². The molecule has 0 amide bonds. The number of benzene rings is 1. The Morgan fingerprint density at radius 1 is 1.20 bits per heavy atom. The van der Waals surface area contributed by atoms with Crippen molar-refractivity contribution < 1.29 is 0 Å². The van der Waals surface area contributed by atoms with E-state index in [4.69, 9.17) is 0 Å². The van der Waals surface area contributed by atoms with Crippen molar-refractivity contribution in [3.8, 4) is 0 Å². The van der Waals surface area contributed by atoms with Gasteiger partial charge in [-0.05, 0) is 34.5 Å². The number of fused-ring (bicyclic) bond motifs is 1. The van der Waals surface area contributed by atoms with Crippen molar-refractivity contribution in [3.63, 3.8) is 0 Å². The van der Waals surface area contributed by atoms with Gasteiger partial charge in [-0.2, -0.15) is 11.3 Å². The van der Waals surface area contributed by atoms with Crippen LogP contribution in [0.15, 0.2) is 41.1 Å². The molecule has 0 spiro atoms. The number of para-hydroxylation sites is 1. The topological polar surface area (TPSA) is 30.7 Å². The van der Waals surface area contributed by atoms with Crippen molar-refractivity contribution in [2.45, 2.75) is 6.54 Å². The lowest BCUT2D eigenvalue weighted by atomic mass is 10.3. The van der Waals surface area contributed by atoms with Crippen LogP contribution in [0, 0.1) is 0 Å². The first-order chi connectivity index (χ1) is 7.43. The second-order valence-electron chi connectivity index (χ2n) is 3.37. The highest BCUT2D eigenvalue weighted by molar-refractivity contribution is 7.07. The van der Waals surface area contributed by atoms with Gasteiger partial charge in [-0.3, -0.25) is 0 Å². The van der Waals surface area contributed by atoms with Gasteiger partial charge in [0.2, 0.25) is 0 Å². The minimum absolute atomic E-state index is 0.796. The van der Waals surface area contributed by atoms with E-state index in [1.807, 2.05) is 28.9 Å². The fourth-order valence-corrected chi connectivity index (χ4v) is 2.25. The number of thiophene rings is 1. The Bertz CT molecular complexity index is 568. The Morgan fingerprint density at radius 2 is 2.13 bits per heavy atom. The van der Waals surface area contributed by atoms with E-state index < -0.39 is 0 Å². The third-order valence-electron chi connectivity index (χ3n) is 2.33. The van der Waals surface area contributed by atoms with Crippen molar-refractivity contribution >= 4 is 22.4 Å². The fourth-order valence-electron chi connectivity index (χ4n) is 1.59. The van der Waals surface area contributed by atoms with Crippen LogP contribution in [-0.2, 0) is 6.54 Å². The number of hydrogen-bond donors (Lipinski definition) is 0. The summed E-state index contributed by atoms with van der Waals surface area (Å²) in [6, 6.07) is 10.1. The molecule has 1 aromatic carbocycles. The Hall–Kier alpha value is -1.68. The van der Waals surface area contributed by atoms with E-state index in [0.717, 1.165) is 17.6 Å². The van der Waals surface area contributed by atoms with Crippen LogP contribution in [0.2, 0.25) is 0 Å². The van der Waals surface area contributed by atoms with Gasteiger partial charge in [-0.25, -0.2) is 4.68 Å². The minimum atomic E-state index is 0.796. The monoisotopic (exact) mass is 215 g/mol. The molecule has 0 aliphatic rings. The van der Waals surface area contributed by atoms with E-state index in [1.54, 1.807) is 11.3 Å². The summed E-state index contributed by atoms with van der Waals surface area (Å²) >= 11 is 1.71. The third kappa shape index (κ3) is 1.53. The highest BCUT2D eigenvalue weighted by atomic mass is 32.1. The van der Waals surface area contributed by atoms with Crippen LogP contribution in [0.3, 0.4) is 0 Å². The van der Waals surface area contributed by atoms with Crippen LogP contribution < -0.4 is 0 Å². The van der Waals surface area contributed by atoms with Crippen molar-refractivity contribution in [3.05, 3.63) is 46.7 Å². The zero-order valence-electron chi connectivity index (χ0n) is 8.00. The lowest BCUT2D eigenvalue weighted by Gasteiger charge is -1.98. The molecule has 0 unspecified atom stereocenters. The summed E-state index contributed by atoms with van der Waals surface area (Å²) in [5.41, 5.74) is 3.31. The first-order valence-corrected chi connectivity index (χ1v) is 5.67. The molecule has 0 aliphatic heterocycles. The molecule has 0 N–H and O–H groups in total. The van der Waals surface area contributed by atoms with Gasteiger partial charge in [0, 0.05) is 0 Å². The molecule has 15 heavy (non-hydrogen) atoms. The number of aromatic nitrogens is 3. The molecule has 3 aromatic rings. The van der Waals surface area contributed by atoms with Gasteiger partial charge in [0.1, 0.15) is 5.52 Å². The first-order valence-electron chi connectivity index (χ1n) is 4.73. The smallest absolute Gasteiger partial charge is 0.113 e. The normalized spacial score (nSPS) is 10.9. The standard InChI is InChI=1S/C11H9N3S/c1-2-4-11-10(3-1)12-13-14(11)7-9-5-6-15-8-9/h1-6,8H,7H2. The third-order valence-corrected chi connectivity index (χ3v) is 3.06. The molecule has 0 fully saturated rings. The Balaban J connectivity index is 2.05. The summed E-state index contributed by atoms with van der Waals surface area (Å²) in [7, 11) is 0. The van der Waals surface area contributed by atoms with Crippen LogP contribution >= 0.6 is 11.3 Å². The van der Waals surface area contributed by atoms with Gasteiger partial charge in [-0.1, -0.05) is 17.3 Å². The van der Waals surface area contributed by atoms with Gasteiger partial charge < -0.3 is 0 Å². The zero-order chi connectivity index (χ0) is 10.1. The largest absolute Gasteiger partial charge is 0.240 e. The summed E-state index contributed by atoms with van der Waals surface area (Å²) in [5.74, 6) is 0. The first kappa shape index (κ1) is 8.61. The average Bonchev–Trinajstić information content (AvgIpc) is 2.89. The molecule has 0 saturated heterocycles. The second kappa shape index (κ2) is 3.47. The van der Waals surface area contributed by atoms with Gasteiger partial charge in [-0.15, -0.1) is 5.10 Å². The predicted molar refractivity (Wildman–Crippen MR) is 60.9 cm³/mol. The van der Waals surface area contributed by atoms with Gasteiger partial charge in [0.25, 0.3) is 0 Å². The van der Waals surface area contributed by atoms with Crippen LogP contribution in [0.25, 0.3) is 11.0 Å². The lowest BCUT2D eigenvalue weighted by Crippen LogP contribution is -2.00. The van der Waals surface area contributed by atoms with E-state index in [-0.39, 0.29) is 0 Å². The molecular formula is C11H9N3S. The number of nitrogens with zero attached hydrogens (tertiary/aromatic N) is 3. The molecule has 0 bridgehead atoms. The average molecular weight is 215 g/mol. The van der Waals surface area contributed by atoms with Crippen LogP contribution in [0.1, 0.15) is 5.56 Å². The molecule has 74 valence electrons. The van der Waals surface area contributed by atoms with Gasteiger partial charge >= 0.3 is 0 Å². The second-order valence-corrected chi connectivity index (χ2v) is 4.15. The molecule has 2 heterocycles. The Morgan fingerprint density at radius 3 is 3.00 bits per heavy atom. The maximum Gasteiger partial charge on any atom is 0.113 e. The number of hydrogen-bond acceptors (Lipinski definition) is 3. The molecule has 0 aliphatic carbocycles. The molecule has 0 atom stereocenters. The molecule has 0 saturated carbocycles. The van der Waals surface area contributed by atoms with Gasteiger partial charge in [0.15, 0.2) is 0 Å². The highest BCUT2D eigenvalue weighted by Gasteiger charge is 2.03. The molecular weight excluding hydrogens is 206 g/mol. The van der Waals surface area contributed by atoms with Crippen molar-refractivity contribution in [2.24, 2.45) is 0 Å². The maximum atomic E-state index is 4.14. The van der Waals surface area contributed by atoms with E-state index in [1.165, 1.54) is 5.56 Å². The van der Waals surface area contributed by atoms with Crippen molar-refractivity contribution in [1.29, 1.82) is 0 Å². The van der Waals surface area contributed by atoms with E-state index >= 15 is 0 Å². The molecule has 3 nitrogen and oxygen atoms in total. The quantitative estimate of drug-likeness (QED) is 0.657. The Kier molecular flexibility index (Phi) is 1.99. The Labute approximate surface area is 91.0 Å². The summed E-state index contributed by atoms with van der Waals surface area (Å²) in [5, 5.41) is 12.5. The summed E-state index contributed by atoms with van der Waals surface area (Å²) in [6.45, 7) is 0.796. The van der Waals surface area contributed by atoms with Crippen LogP contribution in [0.4, 0.5) is 0 Å². The maximum absolute atomic E-state index is 4.14. The molecule has 0 radical (unpaired) electrons. The van der Waals surface area contributed by atoms with Crippen LogP contribution in [-0.4, -0.2) is 15.0 Å². The molecule has 3 rings (SSSR count).